The molecule has 0 spiro atoms. The first-order valence-electron chi connectivity index (χ1n) is 2.91. The van der Waals surface area contributed by atoms with Crippen LogP contribution >= 0.6 is 0 Å². The van der Waals surface area contributed by atoms with Gasteiger partial charge in [0.1, 0.15) is 0 Å². The van der Waals surface area contributed by atoms with Gasteiger partial charge in [-0.15, -0.1) is 0 Å². The van der Waals surface area contributed by atoms with Crippen molar-refractivity contribution in [1.82, 2.24) is 9.97 Å². The molecule has 0 aliphatic heterocycles. The van der Waals surface area contributed by atoms with Gasteiger partial charge in [0.05, 0.1) is 0 Å². The van der Waals surface area contributed by atoms with Crippen molar-refractivity contribution in [3.63, 3.8) is 0 Å². The third-order valence-corrected chi connectivity index (χ3v) is 2.35. The van der Waals surface area contributed by atoms with Crippen molar-refractivity contribution < 1.29 is 39.0 Å². The molecular formula is C5H5AtFN3O2. The Bertz CT molecular complexity index is 314. The van der Waals surface area contributed by atoms with E-state index in [4.69, 9.17) is 10.8 Å². The molecule has 1 atom stereocenters. The summed E-state index contributed by atoms with van der Waals surface area (Å²) in [6.07, 6.45) is -0.806. The molecule has 0 radical (unpaired) electrons. The van der Waals surface area contributed by atoms with Crippen LogP contribution in [0.2, 0.25) is 0 Å². The molecule has 4 N–H and O–H groups in total. The van der Waals surface area contributed by atoms with Crippen molar-refractivity contribution in [2.75, 3.05) is 0 Å². The maximum atomic E-state index is 12.4. The summed E-state index contributed by atoms with van der Waals surface area (Å²) in [7, 11) is 0. The number of aromatic amines is 1. The van der Waals surface area contributed by atoms with Crippen molar-refractivity contribution in [2.45, 2.75) is 6.04 Å². The number of carboxylic acid groups (broad SMARTS) is 1. The van der Waals surface area contributed by atoms with E-state index in [1.165, 1.54) is 0 Å². The first-order chi connectivity index (χ1) is 5.52. The van der Waals surface area contributed by atoms with Gasteiger partial charge < -0.3 is 0 Å². The summed E-state index contributed by atoms with van der Waals surface area (Å²) in [6.45, 7) is 0. The Hall–Kier alpha value is -0.547. The quantitative estimate of drug-likeness (QED) is 0.612. The van der Waals surface area contributed by atoms with Gasteiger partial charge in [0.2, 0.25) is 0 Å². The summed E-state index contributed by atoms with van der Waals surface area (Å²) in [5.74, 6) is -1.21. The normalized spacial score (nSPS) is 12.9. The van der Waals surface area contributed by atoms with Crippen molar-refractivity contribution >= 4 is 9.37 Å². The molecule has 7 heteroatoms. The SMILES string of the molecule is NC(C(=O)O)c1[nH]c(F)nc1[At]. The van der Waals surface area contributed by atoms with Gasteiger partial charge in [0.15, 0.2) is 0 Å². The van der Waals surface area contributed by atoms with E-state index in [9.17, 15) is 9.18 Å². The molecule has 66 valence electrons. The predicted octanol–water partition coefficient (Wildman–Crippen LogP) is -1.19. The zero-order valence-electron chi connectivity index (χ0n) is 5.71. The number of rotatable bonds is 2. The number of H-pyrrole nitrogens is 1. The van der Waals surface area contributed by atoms with Crippen LogP contribution in [-0.4, -0.2) is 21.0 Å². The first-order valence-corrected chi connectivity index (χ1v) is 4.38. The Morgan fingerprint density at radius 2 is 2.42 bits per heavy atom. The summed E-state index contributed by atoms with van der Waals surface area (Å²) >= 11 is 1.08. The zero-order valence-corrected chi connectivity index (χ0v) is 8.65. The van der Waals surface area contributed by atoms with Gasteiger partial charge in [-0.05, 0) is 0 Å². The Morgan fingerprint density at radius 3 is 2.75 bits per heavy atom. The third-order valence-electron chi connectivity index (χ3n) is 1.23. The third kappa shape index (κ3) is 1.78. The fourth-order valence-corrected chi connectivity index (χ4v) is 1.60. The Kier molecular flexibility index (Phi) is 2.74. The summed E-state index contributed by atoms with van der Waals surface area (Å²) in [4.78, 5) is 15.9. The number of nitrogens with one attached hydrogen (secondary N) is 1. The van der Waals surface area contributed by atoms with Crippen LogP contribution in [0.1, 0.15) is 11.7 Å². The average molecular weight is 368 g/mol. The molecule has 0 saturated carbocycles. The fraction of sp³-hybridized carbons (Fsp3) is 0.200. The minimum absolute atomic E-state index is 0.122. The molecule has 1 aromatic rings. The Labute approximate surface area is 82.0 Å². The van der Waals surface area contributed by atoms with E-state index in [-0.39, 0.29) is 5.69 Å². The number of halogens is 1. The van der Waals surface area contributed by atoms with E-state index in [1.807, 2.05) is 0 Å². The molecule has 0 aromatic carbocycles. The fourth-order valence-electron chi connectivity index (χ4n) is 0.667. The molecule has 1 rings (SSSR count). The van der Waals surface area contributed by atoms with Gasteiger partial charge in [-0.3, -0.25) is 0 Å². The van der Waals surface area contributed by atoms with E-state index < -0.39 is 18.1 Å². The number of carboxylic acids is 1. The van der Waals surface area contributed by atoms with Crippen LogP contribution in [0.25, 0.3) is 0 Å². The van der Waals surface area contributed by atoms with Gasteiger partial charge in [-0.1, -0.05) is 0 Å². The molecule has 1 heterocycles. The molecular weight excluding hydrogens is 363 g/mol. The van der Waals surface area contributed by atoms with Crippen molar-refractivity contribution in [3.8, 4) is 0 Å². The number of hydrogen-bond donors (Lipinski definition) is 3. The summed E-state index contributed by atoms with van der Waals surface area (Å²) in [5.41, 5.74) is 5.35. The van der Waals surface area contributed by atoms with E-state index >= 15 is 0 Å². The van der Waals surface area contributed by atoms with E-state index in [2.05, 4.69) is 9.97 Å². The molecule has 0 saturated heterocycles. The second-order valence-corrected chi connectivity index (χ2v) is 3.44. The van der Waals surface area contributed by atoms with Crippen molar-refractivity contribution in [2.24, 2.45) is 5.73 Å². The second kappa shape index (κ2) is 3.45. The van der Waals surface area contributed by atoms with Gasteiger partial charge in [-0.25, -0.2) is 0 Å². The molecule has 0 bridgehead atoms. The van der Waals surface area contributed by atoms with Gasteiger partial charge in [-0.2, -0.15) is 0 Å². The van der Waals surface area contributed by atoms with Crippen LogP contribution in [0.4, 0.5) is 4.39 Å². The molecule has 1 aromatic heterocycles. The zero-order chi connectivity index (χ0) is 9.30. The number of imidazole rings is 1. The van der Waals surface area contributed by atoms with E-state index in [1.54, 1.807) is 0 Å². The molecule has 0 aliphatic rings. The Balaban J connectivity index is 3.02. The standard InChI is InChI=1S/C5H5AtFN3O2/c6-3-2(1(8)4(11)12)9-5(7)10-3/h1H,8H2,(H,9,10)(H,11,12). The predicted molar refractivity (Wildman–Crippen MR) is 32.7 cm³/mol. The molecule has 0 aliphatic carbocycles. The number of aliphatic carboxylic acids is 1. The minimum atomic E-state index is -1.23. The molecule has 1 unspecified atom stereocenters. The Morgan fingerprint density at radius 1 is 1.83 bits per heavy atom. The van der Waals surface area contributed by atoms with Crippen LogP contribution in [0.3, 0.4) is 0 Å². The molecule has 5 nitrogen and oxygen atoms in total. The van der Waals surface area contributed by atoms with Crippen LogP contribution in [0, 0.1) is 30.8 Å². The number of nitrogens with two attached hydrogens (primary N) is 1. The molecule has 0 fully saturated rings. The monoisotopic (exact) mass is 368 g/mol. The number of carbonyl (C=O) groups is 1. The number of aromatic nitrogens is 2. The summed E-state index contributed by atoms with van der Waals surface area (Å²) in [5, 5.41) is 8.48. The van der Waals surface area contributed by atoms with Crippen LogP contribution in [-0.2, 0) is 4.79 Å². The average Bonchev–Trinajstić information content (AvgIpc) is 2.28. The van der Waals surface area contributed by atoms with Gasteiger partial charge in [0, 0.05) is 0 Å². The van der Waals surface area contributed by atoms with Crippen LogP contribution in [0.15, 0.2) is 0 Å². The van der Waals surface area contributed by atoms with Crippen molar-refractivity contribution in [3.05, 3.63) is 11.8 Å². The second-order valence-electron chi connectivity index (χ2n) is 2.05. The molecule has 12 heavy (non-hydrogen) atoms. The maximum absolute atomic E-state index is 12.4. The number of hydrogen-bond acceptors (Lipinski definition) is 3. The van der Waals surface area contributed by atoms with Gasteiger partial charge >= 0.3 is 81.9 Å². The summed E-state index contributed by atoms with van der Waals surface area (Å²) < 4.78 is 12.7. The van der Waals surface area contributed by atoms with Crippen molar-refractivity contribution in [1.29, 1.82) is 0 Å². The van der Waals surface area contributed by atoms with Gasteiger partial charge in [0.25, 0.3) is 0 Å². The first kappa shape index (κ1) is 9.54. The topological polar surface area (TPSA) is 92.0 Å². The number of nitrogens with zero attached hydrogens (tertiary/aromatic N) is 1. The molecule has 0 amide bonds. The van der Waals surface area contributed by atoms with Crippen LogP contribution in [0.5, 0.6) is 0 Å². The van der Waals surface area contributed by atoms with E-state index in [0.717, 1.165) is 24.7 Å². The van der Waals surface area contributed by atoms with Crippen LogP contribution < -0.4 is 9.14 Å². The summed E-state index contributed by atoms with van der Waals surface area (Å²) in [6, 6.07) is -1.23. The van der Waals surface area contributed by atoms with E-state index in [0.29, 0.717) is 3.40 Å².